The van der Waals surface area contributed by atoms with E-state index in [1.165, 1.54) is 31.7 Å². The molecule has 5 nitrogen and oxygen atoms in total. The van der Waals surface area contributed by atoms with E-state index in [4.69, 9.17) is 9.15 Å². The van der Waals surface area contributed by atoms with Crippen LogP contribution in [0, 0.1) is 0 Å². The fourth-order valence-electron chi connectivity index (χ4n) is 3.58. The third-order valence-corrected chi connectivity index (χ3v) is 5.07. The van der Waals surface area contributed by atoms with Gasteiger partial charge in [-0.2, -0.15) is 0 Å². The van der Waals surface area contributed by atoms with E-state index < -0.39 is 6.10 Å². The first kappa shape index (κ1) is 18.5. The maximum absolute atomic E-state index is 12.4. The highest BCUT2D eigenvalue weighted by Crippen LogP contribution is 2.24. The van der Waals surface area contributed by atoms with Crippen molar-refractivity contribution in [1.29, 1.82) is 0 Å². The molecule has 0 unspecified atom stereocenters. The van der Waals surface area contributed by atoms with E-state index in [0.29, 0.717) is 11.3 Å². The van der Waals surface area contributed by atoms with E-state index in [1.807, 2.05) is 19.1 Å². The highest BCUT2D eigenvalue weighted by atomic mass is 16.5. The van der Waals surface area contributed by atoms with Crippen molar-refractivity contribution in [3.63, 3.8) is 0 Å². The van der Waals surface area contributed by atoms with Crippen LogP contribution in [0.3, 0.4) is 0 Å². The quantitative estimate of drug-likeness (QED) is 0.649. The minimum absolute atomic E-state index is 0.0965. The van der Waals surface area contributed by atoms with E-state index in [0.717, 1.165) is 30.2 Å². The Morgan fingerprint density at radius 2 is 1.96 bits per heavy atom. The van der Waals surface area contributed by atoms with Crippen molar-refractivity contribution in [3.05, 3.63) is 40.2 Å². The molecule has 1 saturated carbocycles. The van der Waals surface area contributed by atoms with Gasteiger partial charge in [-0.25, -0.2) is 4.79 Å². The van der Waals surface area contributed by atoms with Crippen molar-refractivity contribution in [3.8, 4) is 5.75 Å². The largest absolute Gasteiger partial charge is 0.481 e. The maximum atomic E-state index is 12.4. The van der Waals surface area contributed by atoms with Crippen LogP contribution < -0.4 is 15.7 Å². The Morgan fingerprint density at radius 1 is 1.23 bits per heavy atom. The number of carbonyl (C=O) groups is 1. The fraction of sp³-hybridized carbons (Fsp3) is 0.524. The smallest absolute Gasteiger partial charge is 0.336 e. The lowest BCUT2D eigenvalue weighted by Crippen LogP contribution is -2.42. The lowest BCUT2D eigenvalue weighted by Gasteiger charge is -2.20. The molecular weight excluding hydrogens is 330 g/mol. The molecule has 1 atom stereocenters. The van der Waals surface area contributed by atoms with Gasteiger partial charge in [-0.05, 0) is 43.9 Å². The standard InChI is InChI=1S/C21H27NO4/c1-3-15-12-20(23)26-19-13-17(10-11-18(15)19)25-14(2)21(24)22-16-8-6-4-5-7-9-16/h10-14,16H,3-9H2,1-2H3,(H,22,24)/t14-/m0/s1. The van der Waals surface area contributed by atoms with Gasteiger partial charge >= 0.3 is 5.63 Å². The lowest BCUT2D eigenvalue weighted by molar-refractivity contribution is -0.128. The molecule has 0 spiro atoms. The van der Waals surface area contributed by atoms with Crippen LogP contribution in [0.15, 0.2) is 33.5 Å². The zero-order valence-corrected chi connectivity index (χ0v) is 15.5. The fourth-order valence-corrected chi connectivity index (χ4v) is 3.58. The predicted molar refractivity (Wildman–Crippen MR) is 102 cm³/mol. The number of hydrogen-bond acceptors (Lipinski definition) is 4. The molecule has 1 aliphatic rings. The summed E-state index contributed by atoms with van der Waals surface area (Å²) in [6, 6.07) is 7.15. The van der Waals surface area contributed by atoms with Gasteiger partial charge < -0.3 is 14.5 Å². The molecule has 2 aromatic rings. The summed E-state index contributed by atoms with van der Waals surface area (Å²) in [5.74, 6) is 0.429. The molecule has 1 aromatic heterocycles. The van der Waals surface area contributed by atoms with E-state index in [2.05, 4.69) is 5.32 Å². The third-order valence-electron chi connectivity index (χ3n) is 5.07. The van der Waals surface area contributed by atoms with Gasteiger partial charge in [-0.1, -0.05) is 32.6 Å². The number of benzene rings is 1. The Labute approximate surface area is 153 Å². The molecule has 26 heavy (non-hydrogen) atoms. The Kier molecular flexibility index (Phi) is 5.96. The summed E-state index contributed by atoms with van der Waals surface area (Å²) in [5, 5.41) is 4.00. The molecule has 0 radical (unpaired) electrons. The minimum atomic E-state index is -0.600. The second-order valence-electron chi connectivity index (χ2n) is 7.06. The molecule has 1 fully saturated rings. The molecule has 0 aliphatic heterocycles. The predicted octanol–water partition coefficient (Wildman–Crippen LogP) is 3.96. The van der Waals surface area contributed by atoms with Crippen LogP contribution in [0.1, 0.15) is 57.9 Å². The Hall–Kier alpha value is -2.30. The van der Waals surface area contributed by atoms with Crippen molar-refractivity contribution < 1.29 is 13.9 Å². The summed E-state index contributed by atoms with van der Waals surface area (Å²) in [4.78, 5) is 24.1. The van der Waals surface area contributed by atoms with Crippen LogP contribution in [-0.4, -0.2) is 18.1 Å². The summed E-state index contributed by atoms with van der Waals surface area (Å²) in [5.41, 5.74) is 1.07. The normalized spacial score (nSPS) is 16.8. The van der Waals surface area contributed by atoms with Gasteiger partial charge in [-0.3, -0.25) is 4.79 Å². The van der Waals surface area contributed by atoms with Gasteiger partial charge in [0.25, 0.3) is 5.91 Å². The van der Waals surface area contributed by atoms with Crippen LogP contribution in [-0.2, 0) is 11.2 Å². The van der Waals surface area contributed by atoms with Crippen LogP contribution >= 0.6 is 0 Å². The highest BCUT2D eigenvalue weighted by Gasteiger charge is 2.20. The average molecular weight is 357 g/mol. The van der Waals surface area contributed by atoms with E-state index in [-0.39, 0.29) is 17.6 Å². The molecule has 1 aliphatic carbocycles. The van der Waals surface area contributed by atoms with Gasteiger partial charge in [0, 0.05) is 23.6 Å². The van der Waals surface area contributed by atoms with Gasteiger partial charge in [-0.15, -0.1) is 0 Å². The molecular formula is C21H27NO4. The lowest BCUT2D eigenvalue weighted by atomic mass is 10.1. The topological polar surface area (TPSA) is 68.5 Å². The summed E-state index contributed by atoms with van der Waals surface area (Å²) >= 11 is 0. The molecule has 1 N–H and O–H groups in total. The number of hydrogen-bond donors (Lipinski definition) is 1. The van der Waals surface area contributed by atoms with Crippen molar-refractivity contribution in [1.82, 2.24) is 5.32 Å². The second kappa shape index (κ2) is 8.39. The first-order valence-electron chi connectivity index (χ1n) is 9.60. The van der Waals surface area contributed by atoms with Crippen molar-refractivity contribution in [2.24, 2.45) is 0 Å². The monoisotopic (exact) mass is 357 g/mol. The average Bonchev–Trinajstić information content (AvgIpc) is 2.89. The zero-order valence-electron chi connectivity index (χ0n) is 15.5. The molecule has 1 amide bonds. The van der Waals surface area contributed by atoms with Crippen molar-refractivity contribution in [2.75, 3.05) is 0 Å². The summed E-state index contributed by atoms with van der Waals surface area (Å²) in [6.07, 6.45) is 7.08. The first-order chi connectivity index (χ1) is 12.6. The summed E-state index contributed by atoms with van der Waals surface area (Å²) < 4.78 is 11.1. The molecule has 0 saturated heterocycles. The van der Waals surface area contributed by atoms with Crippen LogP contribution in [0.5, 0.6) is 5.75 Å². The van der Waals surface area contributed by atoms with Crippen molar-refractivity contribution >= 4 is 16.9 Å². The Morgan fingerprint density at radius 3 is 2.65 bits per heavy atom. The van der Waals surface area contributed by atoms with E-state index in [9.17, 15) is 9.59 Å². The van der Waals surface area contributed by atoms with Gasteiger partial charge in [0.1, 0.15) is 11.3 Å². The van der Waals surface area contributed by atoms with Crippen LogP contribution in [0.4, 0.5) is 0 Å². The van der Waals surface area contributed by atoms with Crippen LogP contribution in [0.2, 0.25) is 0 Å². The molecule has 5 heteroatoms. The molecule has 0 bridgehead atoms. The van der Waals surface area contributed by atoms with E-state index >= 15 is 0 Å². The molecule has 1 aromatic carbocycles. The number of nitrogens with one attached hydrogen (secondary N) is 1. The number of ether oxygens (including phenoxy) is 1. The number of carbonyl (C=O) groups excluding carboxylic acids is 1. The molecule has 140 valence electrons. The molecule has 3 rings (SSSR count). The SMILES string of the molecule is CCc1cc(=O)oc2cc(O[C@@H](C)C(=O)NC3CCCCCC3)ccc12. The Bertz CT molecular complexity index is 818. The maximum Gasteiger partial charge on any atom is 0.336 e. The van der Waals surface area contributed by atoms with Crippen molar-refractivity contribution in [2.45, 2.75) is 70.9 Å². The highest BCUT2D eigenvalue weighted by molar-refractivity contribution is 5.83. The second-order valence-corrected chi connectivity index (χ2v) is 7.06. The van der Waals surface area contributed by atoms with E-state index in [1.54, 1.807) is 13.0 Å². The minimum Gasteiger partial charge on any atom is -0.481 e. The first-order valence-corrected chi connectivity index (χ1v) is 9.60. The van der Waals surface area contributed by atoms with Crippen LogP contribution in [0.25, 0.3) is 11.0 Å². The number of aryl methyl sites for hydroxylation is 1. The number of amides is 1. The Balaban J connectivity index is 1.69. The van der Waals surface area contributed by atoms with Gasteiger partial charge in [0.2, 0.25) is 0 Å². The summed E-state index contributed by atoms with van der Waals surface area (Å²) in [7, 11) is 0. The zero-order chi connectivity index (χ0) is 18.5. The third kappa shape index (κ3) is 4.45. The van der Waals surface area contributed by atoms with Gasteiger partial charge in [0.15, 0.2) is 6.10 Å². The summed E-state index contributed by atoms with van der Waals surface area (Å²) in [6.45, 7) is 3.74. The van der Waals surface area contributed by atoms with Gasteiger partial charge in [0.05, 0.1) is 0 Å². The molecule has 1 heterocycles. The number of fused-ring (bicyclic) bond motifs is 1. The number of rotatable bonds is 5.